The highest BCUT2D eigenvalue weighted by Gasteiger charge is 2.10. The van der Waals surface area contributed by atoms with Crippen LogP contribution in [0.3, 0.4) is 0 Å². The Morgan fingerprint density at radius 2 is 1.90 bits per heavy atom. The van der Waals surface area contributed by atoms with Gasteiger partial charge in [-0.25, -0.2) is 4.99 Å². The van der Waals surface area contributed by atoms with Gasteiger partial charge in [0.25, 0.3) is 0 Å². The van der Waals surface area contributed by atoms with E-state index in [0.29, 0.717) is 11.5 Å². The maximum Gasteiger partial charge on any atom is 0.0831 e. The summed E-state index contributed by atoms with van der Waals surface area (Å²) < 4.78 is 0. The molecule has 0 bridgehead atoms. The lowest BCUT2D eigenvalue weighted by atomic mass is 10.1. The van der Waals surface area contributed by atoms with Crippen molar-refractivity contribution in [1.29, 1.82) is 0 Å². The molecule has 0 fully saturated rings. The summed E-state index contributed by atoms with van der Waals surface area (Å²) >= 11 is 12.3. The van der Waals surface area contributed by atoms with E-state index in [1.807, 2.05) is 18.2 Å². The van der Waals surface area contributed by atoms with E-state index in [1.54, 1.807) is 0 Å². The fourth-order valence-electron chi connectivity index (χ4n) is 2.33. The van der Waals surface area contributed by atoms with Gasteiger partial charge in [0.05, 0.1) is 16.4 Å². The van der Waals surface area contributed by atoms with Crippen LogP contribution in [0, 0.1) is 6.92 Å². The summed E-state index contributed by atoms with van der Waals surface area (Å²) in [5.41, 5.74) is 4.01. The van der Waals surface area contributed by atoms with Gasteiger partial charge < -0.3 is 4.90 Å². The van der Waals surface area contributed by atoms with E-state index in [9.17, 15) is 0 Å². The Hall–Kier alpha value is -1.25. The summed E-state index contributed by atoms with van der Waals surface area (Å²) in [5.74, 6) is 0. The number of anilines is 1. The summed E-state index contributed by atoms with van der Waals surface area (Å²) in [7, 11) is 0. The summed E-state index contributed by atoms with van der Waals surface area (Å²) in [6, 6.07) is 6.31. The van der Waals surface area contributed by atoms with Gasteiger partial charge in [0.2, 0.25) is 0 Å². The first-order valence-electron chi connectivity index (χ1n) is 7.21. The third kappa shape index (κ3) is 3.90. The molecule has 0 unspecified atom stereocenters. The zero-order valence-electron chi connectivity index (χ0n) is 12.7. The van der Waals surface area contributed by atoms with E-state index < -0.39 is 0 Å². The normalized spacial score (nSPS) is 16.7. The third-order valence-electron chi connectivity index (χ3n) is 3.56. The van der Waals surface area contributed by atoms with Crippen LogP contribution in [-0.4, -0.2) is 18.8 Å². The highest BCUT2D eigenvalue weighted by atomic mass is 35.5. The molecule has 0 atom stereocenters. The van der Waals surface area contributed by atoms with Crippen LogP contribution in [0.15, 0.2) is 45.4 Å². The lowest BCUT2D eigenvalue weighted by Gasteiger charge is -2.21. The second-order valence-electron chi connectivity index (χ2n) is 4.99. The molecule has 0 saturated carbocycles. The Bertz CT molecular complexity index is 611. The number of aliphatic imine (C=N–C) groups is 1. The van der Waals surface area contributed by atoms with Gasteiger partial charge in [-0.1, -0.05) is 29.3 Å². The average Bonchev–Trinajstić information content (AvgIpc) is 2.47. The maximum absolute atomic E-state index is 6.20. The molecule has 0 aliphatic heterocycles. The van der Waals surface area contributed by atoms with Crippen LogP contribution in [0.1, 0.15) is 25.8 Å². The lowest BCUT2D eigenvalue weighted by molar-refractivity contribution is 0.865. The van der Waals surface area contributed by atoms with E-state index in [-0.39, 0.29) is 0 Å². The number of halogens is 2. The molecule has 0 amide bonds. The fraction of sp³-hybridized carbons (Fsp3) is 0.353. The van der Waals surface area contributed by atoms with Crippen molar-refractivity contribution in [3.05, 3.63) is 46.0 Å². The fourth-order valence-corrected chi connectivity index (χ4v) is 2.69. The molecule has 0 spiro atoms. The van der Waals surface area contributed by atoms with Crippen molar-refractivity contribution < 1.29 is 0 Å². The van der Waals surface area contributed by atoms with E-state index in [2.05, 4.69) is 42.8 Å². The van der Waals surface area contributed by atoms with Crippen molar-refractivity contribution in [2.24, 2.45) is 4.99 Å². The minimum atomic E-state index is 0.659. The summed E-state index contributed by atoms with van der Waals surface area (Å²) in [4.78, 5) is 6.95. The van der Waals surface area contributed by atoms with Crippen LogP contribution >= 0.6 is 23.2 Å². The molecule has 0 N–H and O–H groups in total. The molecule has 0 radical (unpaired) electrons. The van der Waals surface area contributed by atoms with Crippen LogP contribution in [0.2, 0.25) is 0 Å². The van der Waals surface area contributed by atoms with Crippen LogP contribution in [0.4, 0.5) is 11.4 Å². The maximum atomic E-state index is 6.20. The van der Waals surface area contributed by atoms with Crippen LogP contribution in [0.5, 0.6) is 0 Å². The first-order valence-corrected chi connectivity index (χ1v) is 7.97. The van der Waals surface area contributed by atoms with E-state index in [0.717, 1.165) is 35.1 Å². The molecule has 1 aliphatic rings. The zero-order valence-corrected chi connectivity index (χ0v) is 14.2. The number of hydrogen-bond acceptors (Lipinski definition) is 2. The molecule has 0 saturated heterocycles. The number of allylic oxidation sites excluding steroid dienone is 4. The topological polar surface area (TPSA) is 15.6 Å². The molecular weight excluding hydrogens is 303 g/mol. The predicted molar refractivity (Wildman–Crippen MR) is 94.3 cm³/mol. The van der Waals surface area contributed by atoms with Gasteiger partial charge in [0, 0.05) is 30.2 Å². The Kier molecular flexibility index (Phi) is 5.49. The van der Waals surface area contributed by atoms with Gasteiger partial charge in [0.1, 0.15) is 0 Å². The van der Waals surface area contributed by atoms with Gasteiger partial charge in [-0.3, -0.25) is 0 Å². The molecule has 21 heavy (non-hydrogen) atoms. The standard InChI is InChI=1S/C17H20Cl2N2/c1-4-21(5-2)14-7-9-16(12(3)10-14)20-17-11-13(18)6-8-15(17)19/h7-11H,4-6H2,1-3H3/b20-17+. The number of hydrogen-bond donors (Lipinski definition) is 0. The smallest absolute Gasteiger partial charge is 0.0831 e. The van der Waals surface area contributed by atoms with Gasteiger partial charge in [-0.05, 0) is 50.6 Å². The molecule has 1 aromatic rings. The number of rotatable bonds is 4. The van der Waals surface area contributed by atoms with Crippen LogP contribution in [-0.2, 0) is 0 Å². The van der Waals surface area contributed by atoms with Crippen molar-refractivity contribution in [2.45, 2.75) is 27.2 Å². The molecule has 4 heteroatoms. The molecule has 0 heterocycles. The molecule has 1 aliphatic carbocycles. The second kappa shape index (κ2) is 7.15. The molecule has 2 nitrogen and oxygen atoms in total. The van der Waals surface area contributed by atoms with Gasteiger partial charge >= 0.3 is 0 Å². The highest BCUT2D eigenvalue weighted by molar-refractivity contribution is 6.47. The van der Waals surface area contributed by atoms with E-state index in [1.165, 1.54) is 5.69 Å². The van der Waals surface area contributed by atoms with Crippen LogP contribution < -0.4 is 4.90 Å². The Morgan fingerprint density at radius 1 is 1.19 bits per heavy atom. The summed E-state index contributed by atoms with van der Waals surface area (Å²) in [6.07, 6.45) is 4.41. The van der Waals surface area contributed by atoms with Crippen molar-refractivity contribution in [2.75, 3.05) is 18.0 Å². The van der Waals surface area contributed by atoms with E-state index >= 15 is 0 Å². The monoisotopic (exact) mass is 322 g/mol. The minimum absolute atomic E-state index is 0.659. The molecule has 2 rings (SSSR count). The summed E-state index contributed by atoms with van der Waals surface area (Å²) in [6.45, 7) is 8.38. The molecule has 0 aromatic heterocycles. The van der Waals surface area contributed by atoms with Gasteiger partial charge in [-0.2, -0.15) is 0 Å². The number of nitrogens with zero attached hydrogens (tertiary/aromatic N) is 2. The zero-order chi connectivity index (χ0) is 15.4. The van der Waals surface area contributed by atoms with Crippen molar-refractivity contribution in [1.82, 2.24) is 0 Å². The van der Waals surface area contributed by atoms with Crippen molar-refractivity contribution in [3.8, 4) is 0 Å². The van der Waals surface area contributed by atoms with Crippen molar-refractivity contribution in [3.63, 3.8) is 0 Å². The van der Waals surface area contributed by atoms with Gasteiger partial charge in [0.15, 0.2) is 0 Å². The lowest BCUT2D eigenvalue weighted by Crippen LogP contribution is -2.21. The Labute approximate surface area is 136 Å². The van der Waals surface area contributed by atoms with E-state index in [4.69, 9.17) is 23.2 Å². The largest absolute Gasteiger partial charge is 0.372 e. The molecule has 112 valence electrons. The molecular formula is C17H20Cl2N2. The average molecular weight is 323 g/mol. The molecule has 1 aromatic carbocycles. The highest BCUT2D eigenvalue weighted by Crippen LogP contribution is 2.28. The predicted octanol–water partition coefficient (Wildman–Crippen LogP) is 5.56. The number of benzene rings is 1. The first-order chi connectivity index (χ1) is 10.0. The quantitative estimate of drug-likeness (QED) is 0.708. The SMILES string of the molecule is CCN(CC)c1ccc(/N=C2\C=C(Cl)CC=C2Cl)c(C)c1. The summed E-state index contributed by atoms with van der Waals surface area (Å²) in [5, 5.41) is 1.42. The Morgan fingerprint density at radius 3 is 2.52 bits per heavy atom. The Balaban J connectivity index is 2.34. The van der Waals surface area contributed by atoms with Crippen LogP contribution in [0.25, 0.3) is 0 Å². The second-order valence-corrected chi connectivity index (χ2v) is 5.88. The van der Waals surface area contributed by atoms with Gasteiger partial charge in [-0.15, -0.1) is 0 Å². The van der Waals surface area contributed by atoms with Crippen molar-refractivity contribution >= 4 is 40.3 Å². The number of aryl methyl sites for hydroxylation is 1. The minimum Gasteiger partial charge on any atom is -0.372 e. The first kappa shape index (κ1) is 16.1. The third-order valence-corrected chi connectivity index (χ3v) is 4.18.